The van der Waals surface area contributed by atoms with Crippen molar-refractivity contribution in [1.29, 1.82) is 0 Å². The molecule has 2 aromatic rings. The van der Waals surface area contributed by atoms with Crippen LogP contribution in [0.4, 0.5) is 5.69 Å². The van der Waals surface area contributed by atoms with Gasteiger partial charge in [-0.15, -0.1) is 0 Å². The summed E-state index contributed by atoms with van der Waals surface area (Å²) < 4.78 is 0. The largest absolute Gasteiger partial charge is 0.478 e. The number of amides is 1. The minimum Gasteiger partial charge on any atom is -0.478 e. The number of benzene rings is 1. The Hall–Kier alpha value is -2.95. The molecule has 0 aliphatic rings. The summed E-state index contributed by atoms with van der Waals surface area (Å²) in [6, 6.07) is 11.2. The van der Waals surface area contributed by atoms with Crippen LogP contribution in [0.25, 0.3) is 11.3 Å². The highest BCUT2D eigenvalue weighted by Crippen LogP contribution is 2.20. The molecule has 21 heavy (non-hydrogen) atoms. The van der Waals surface area contributed by atoms with E-state index in [4.69, 9.17) is 5.11 Å². The van der Waals surface area contributed by atoms with Crippen molar-refractivity contribution in [2.75, 3.05) is 5.32 Å². The summed E-state index contributed by atoms with van der Waals surface area (Å²) in [4.78, 5) is 26.1. The van der Waals surface area contributed by atoms with Gasteiger partial charge >= 0.3 is 5.97 Å². The Balaban J connectivity index is 2.16. The van der Waals surface area contributed by atoms with Crippen molar-refractivity contribution < 1.29 is 14.7 Å². The lowest BCUT2D eigenvalue weighted by Gasteiger charge is -2.05. The van der Waals surface area contributed by atoms with E-state index in [0.29, 0.717) is 5.69 Å². The predicted octanol–water partition coefficient (Wildman–Crippen LogP) is 2.64. The SMILES string of the molecule is Cc1ccc(-c2cc(NC(=O)/C=C/C(=O)O)ccn2)cc1. The zero-order valence-electron chi connectivity index (χ0n) is 11.4. The third-order valence-electron chi connectivity index (χ3n) is 2.75. The van der Waals surface area contributed by atoms with E-state index in [0.717, 1.165) is 29.0 Å². The fourth-order valence-corrected chi connectivity index (χ4v) is 1.72. The number of nitrogens with one attached hydrogen (secondary N) is 1. The molecule has 5 heteroatoms. The summed E-state index contributed by atoms with van der Waals surface area (Å²) in [6.07, 6.45) is 3.34. The van der Waals surface area contributed by atoms with Crippen LogP contribution in [0, 0.1) is 6.92 Å². The van der Waals surface area contributed by atoms with E-state index in [2.05, 4.69) is 10.3 Å². The van der Waals surface area contributed by atoms with E-state index in [1.165, 1.54) is 0 Å². The average molecular weight is 282 g/mol. The highest BCUT2D eigenvalue weighted by atomic mass is 16.4. The predicted molar refractivity (Wildman–Crippen MR) is 79.8 cm³/mol. The van der Waals surface area contributed by atoms with E-state index in [9.17, 15) is 9.59 Å². The van der Waals surface area contributed by atoms with Crippen molar-refractivity contribution in [2.45, 2.75) is 6.92 Å². The molecule has 0 spiro atoms. The zero-order chi connectivity index (χ0) is 15.2. The van der Waals surface area contributed by atoms with E-state index < -0.39 is 11.9 Å². The topological polar surface area (TPSA) is 79.3 Å². The number of aryl methyl sites for hydroxylation is 1. The lowest BCUT2D eigenvalue weighted by molar-refractivity contribution is -0.131. The summed E-state index contributed by atoms with van der Waals surface area (Å²) in [5.74, 6) is -1.67. The van der Waals surface area contributed by atoms with Crippen molar-refractivity contribution in [2.24, 2.45) is 0 Å². The number of pyridine rings is 1. The molecule has 2 rings (SSSR count). The maximum atomic E-state index is 11.5. The molecule has 0 atom stereocenters. The van der Waals surface area contributed by atoms with Crippen molar-refractivity contribution >= 4 is 17.6 Å². The number of aliphatic carboxylic acids is 1. The first kappa shape index (κ1) is 14.5. The summed E-state index contributed by atoms with van der Waals surface area (Å²) in [5.41, 5.74) is 3.38. The highest BCUT2D eigenvalue weighted by molar-refractivity contribution is 6.02. The van der Waals surface area contributed by atoms with Crippen LogP contribution < -0.4 is 5.32 Å². The van der Waals surface area contributed by atoms with Gasteiger partial charge in [0, 0.05) is 29.6 Å². The van der Waals surface area contributed by atoms with Gasteiger partial charge in [0.15, 0.2) is 0 Å². The molecule has 0 aliphatic carbocycles. The van der Waals surface area contributed by atoms with Crippen LogP contribution in [0.2, 0.25) is 0 Å². The Morgan fingerprint density at radius 1 is 1.14 bits per heavy atom. The smallest absolute Gasteiger partial charge is 0.328 e. The van der Waals surface area contributed by atoms with Gasteiger partial charge in [-0.3, -0.25) is 9.78 Å². The standard InChI is InChI=1S/C16H14N2O3/c1-11-2-4-12(5-3-11)14-10-13(8-9-17-14)18-15(19)6-7-16(20)21/h2-10H,1H3,(H,20,21)(H,17,18,19)/b7-6+. The molecular weight excluding hydrogens is 268 g/mol. The number of aromatic nitrogens is 1. The molecular formula is C16H14N2O3. The molecule has 0 aliphatic heterocycles. The maximum Gasteiger partial charge on any atom is 0.328 e. The molecule has 0 unspecified atom stereocenters. The van der Waals surface area contributed by atoms with Crippen molar-refractivity contribution in [1.82, 2.24) is 4.98 Å². The van der Waals surface area contributed by atoms with Crippen molar-refractivity contribution in [3.8, 4) is 11.3 Å². The number of carbonyl (C=O) groups is 2. The normalized spacial score (nSPS) is 10.5. The summed E-state index contributed by atoms with van der Waals surface area (Å²) in [7, 11) is 0. The zero-order valence-corrected chi connectivity index (χ0v) is 11.4. The molecule has 1 aromatic heterocycles. The molecule has 1 amide bonds. The van der Waals surface area contributed by atoms with Crippen molar-refractivity contribution in [3.63, 3.8) is 0 Å². The second-order valence-corrected chi connectivity index (χ2v) is 4.46. The maximum absolute atomic E-state index is 11.5. The van der Waals surface area contributed by atoms with Crippen LogP contribution >= 0.6 is 0 Å². The molecule has 2 N–H and O–H groups in total. The minimum absolute atomic E-state index is 0.501. The molecule has 5 nitrogen and oxygen atoms in total. The number of hydrogen-bond donors (Lipinski definition) is 2. The molecule has 1 heterocycles. The van der Waals surface area contributed by atoms with Gasteiger partial charge in [-0.25, -0.2) is 4.79 Å². The van der Waals surface area contributed by atoms with Gasteiger partial charge in [0.05, 0.1) is 5.69 Å². The van der Waals surface area contributed by atoms with Gasteiger partial charge in [-0.1, -0.05) is 29.8 Å². The third-order valence-corrected chi connectivity index (χ3v) is 2.75. The number of carboxylic acid groups (broad SMARTS) is 1. The second kappa shape index (κ2) is 6.47. The Morgan fingerprint density at radius 2 is 1.86 bits per heavy atom. The van der Waals surface area contributed by atoms with Gasteiger partial charge in [-0.2, -0.15) is 0 Å². The Kier molecular flexibility index (Phi) is 4.46. The van der Waals surface area contributed by atoms with Gasteiger partial charge < -0.3 is 10.4 Å². The summed E-state index contributed by atoms with van der Waals surface area (Å²) >= 11 is 0. The Labute approximate surface area is 122 Å². The summed E-state index contributed by atoms with van der Waals surface area (Å²) in [6.45, 7) is 2.00. The van der Waals surface area contributed by atoms with Crippen LogP contribution in [0.15, 0.2) is 54.7 Å². The molecule has 0 saturated heterocycles. The average Bonchev–Trinajstić information content (AvgIpc) is 2.46. The van der Waals surface area contributed by atoms with Gasteiger partial charge in [0.1, 0.15) is 0 Å². The van der Waals surface area contributed by atoms with Crippen LogP contribution in [0.1, 0.15) is 5.56 Å². The monoisotopic (exact) mass is 282 g/mol. The van der Waals surface area contributed by atoms with Gasteiger partial charge in [0.25, 0.3) is 0 Å². The summed E-state index contributed by atoms with van der Waals surface area (Å²) in [5, 5.41) is 11.1. The third kappa shape index (κ3) is 4.28. The van der Waals surface area contributed by atoms with Gasteiger partial charge in [0.2, 0.25) is 5.91 Å². The first-order valence-electron chi connectivity index (χ1n) is 6.30. The van der Waals surface area contributed by atoms with Crippen LogP contribution in [0.3, 0.4) is 0 Å². The van der Waals surface area contributed by atoms with Crippen molar-refractivity contribution in [3.05, 3.63) is 60.3 Å². The van der Waals surface area contributed by atoms with Crippen LogP contribution in [-0.2, 0) is 9.59 Å². The van der Waals surface area contributed by atoms with E-state index >= 15 is 0 Å². The quantitative estimate of drug-likeness (QED) is 0.845. The number of nitrogens with zero attached hydrogens (tertiary/aromatic N) is 1. The number of rotatable bonds is 4. The van der Waals surface area contributed by atoms with E-state index in [1.54, 1.807) is 18.3 Å². The number of hydrogen-bond acceptors (Lipinski definition) is 3. The number of carboxylic acids is 1. The first-order chi connectivity index (χ1) is 10.0. The highest BCUT2D eigenvalue weighted by Gasteiger charge is 2.03. The Morgan fingerprint density at radius 3 is 2.52 bits per heavy atom. The molecule has 106 valence electrons. The molecule has 0 saturated carbocycles. The molecule has 0 radical (unpaired) electrons. The first-order valence-corrected chi connectivity index (χ1v) is 6.30. The fourth-order valence-electron chi connectivity index (χ4n) is 1.72. The number of carbonyl (C=O) groups excluding carboxylic acids is 1. The second-order valence-electron chi connectivity index (χ2n) is 4.46. The fraction of sp³-hybridized carbons (Fsp3) is 0.0625. The Bertz CT molecular complexity index is 691. The van der Waals surface area contributed by atoms with E-state index in [-0.39, 0.29) is 0 Å². The van der Waals surface area contributed by atoms with Crippen LogP contribution in [-0.4, -0.2) is 22.0 Å². The lowest BCUT2D eigenvalue weighted by Crippen LogP contribution is -2.08. The van der Waals surface area contributed by atoms with Gasteiger partial charge in [-0.05, 0) is 19.1 Å². The minimum atomic E-state index is -1.17. The van der Waals surface area contributed by atoms with Crippen LogP contribution in [0.5, 0.6) is 0 Å². The lowest BCUT2D eigenvalue weighted by atomic mass is 10.1. The molecule has 1 aromatic carbocycles. The van der Waals surface area contributed by atoms with E-state index in [1.807, 2.05) is 31.2 Å². The number of anilines is 1. The molecule has 0 bridgehead atoms. The molecule has 0 fully saturated rings.